The summed E-state index contributed by atoms with van der Waals surface area (Å²) in [5, 5.41) is 5.88. The van der Waals surface area contributed by atoms with Gasteiger partial charge in [0.25, 0.3) is 0 Å². The molecule has 0 saturated heterocycles. The van der Waals surface area contributed by atoms with E-state index in [0.29, 0.717) is 40.2 Å². The van der Waals surface area contributed by atoms with E-state index in [1.807, 2.05) is 42.5 Å². The van der Waals surface area contributed by atoms with E-state index in [1.165, 1.54) is 0 Å². The van der Waals surface area contributed by atoms with E-state index in [0.717, 1.165) is 22.3 Å². The third kappa shape index (κ3) is 10.5. The molecule has 0 heterocycles. The first-order chi connectivity index (χ1) is 24.7. The van der Waals surface area contributed by atoms with Crippen molar-refractivity contribution in [3.05, 3.63) is 101 Å². The van der Waals surface area contributed by atoms with Crippen molar-refractivity contribution in [2.75, 3.05) is 62.9 Å². The first-order valence-corrected chi connectivity index (χ1v) is 16.2. The van der Waals surface area contributed by atoms with Crippen LogP contribution in [0.5, 0.6) is 40.2 Å². The van der Waals surface area contributed by atoms with E-state index in [9.17, 15) is 9.59 Å². The third-order valence-corrected chi connectivity index (χ3v) is 8.21. The predicted molar refractivity (Wildman–Crippen MR) is 192 cm³/mol. The molecule has 0 bridgehead atoms. The zero-order valence-corrected chi connectivity index (χ0v) is 30.1. The zero-order valence-electron chi connectivity index (χ0n) is 30.1. The topological polar surface area (TPSA) is 132 Å². The number of carbonyl (C=O) groups is 2. The Kier molecular flexibility index (Phi) is 14.3. The number of carbonyl (C=O) groups excluding carboxylic acids is 2. The van der Waals surface area contributed by atoms with Crippen molar-refractivity contribution in [2.24, 2.45) is 0 Å². The SMILES string of the molecule is COc1ccc([C@H](CNC(=O)Cc2ccc(Oc3cc(CC(=O)NC[C@@H](OC)c4ccc(OC)c(OC)c4)ccc3OC)cc2)OC)cc1OC. The maximum Gasteiger partial charge on any atom is 0.224 e. The van der Waals surface area contributed by atoms with Gasteiger partial charge in [0.05, 0.1) is 60.6 Å². The van der Waals surface area contributed by atoms with Crippen molar-refractivity contribution < 1.29 is 47.5 Å². The van der Waals surface area contributed by atoms with Crippen LogP contribution in [0, 0.1) is 0 Å². The first-order valence-electron chi connectivity index (χ1n) is 16.2. The van der Waals surface area contributed by atoms with Crippen LogP contribution in [0.4, 0.5) is 0 Å². The van der Waals surface area contributed by atoms with Gasteiger partial charge in [0.1, 0.15) is 5.75 Å². The second-order valence-corrected chi connectivity index (χ2v) is 11.4. The van der Waals surface area contributed by atoms with E-state index in [2.05, 4.69) is 10.6 Å². The van der Waals surface area contributed by atoms with Gasteiger partial charge in [-0.05, 0) is 70.8 Å². The second-order valence-electron chi connectivity index (χ2n) is 11.4. The summed E-state index contributed by atoms with van der Waals surface area (Å²) in [5.41, 5.74) is 3.23. The number of hydrogen-bond acceptors (Lipinski definition) is 10. The molecule has 2 atom stereocenters. The maximum absolute atomic E-state index is 12.9. The minimum Gasteiger partial charge on any atom is -0.493 e. The third-order valence-electron chi connectivity index (χ3n) is 8.21. The van der Waals surface area contributed by atoms with Crippen LogP contribution in [-0.4, -0.2) is 74.7 Å². The maximum atomic E-state index is 12.9. The van der Waals surface area contributed by atoms with E-state index in [-0.39, 0.29) is 50.0 Å². The van der Waals surface area contributed by atoms with Gasteiger partial charge in [0.2, 0.25) is 11.8 Å². The van der Waals surface area contributed by atoms with Crippen LogP contribution in [0.3, 0.4) is 0 Å². The van der Waals surface area contributed by atoms with Crippen molar-refractivity contribution >= 4 is 11.8 Å². The number of ether oxygens (including phenoxy) is 8. The molecule has 0 aromatic heterocycles. The monoisotopic (exact) mass is 702 g/mol. The summed E-state index contributed by atoms with van der Waals surface area (Å²) in [5.74, 6) is 3.56. The second kappa shape index (κ2) is 19.1. The Morgan fingerprint density at radius 1 is 0.490 bits per heavy atom. The van der Waals surface area contributed by atoms with Gasteiger partial charge in [0.15, 0.2) is 34.5 Å². The standard InChI is InChI=1S/C39H46N2O10/c1-44-30-16-11-27(21-33(30)47-4)36(49-6)23-40-38(42)19-25-8-13-29(14-9-25)51-35-18-26(10-15-32(35)46-3)20-39(43)41-24-37(50-7)28-12-17-31(45-2)34(22-28)48-5/h8-18,21-22,36-37H,19-20,23-24H2,1-7H3,(H,40,42)(H,41,43)/t36-,37+/m0/s1. The number of nitrogens with one attached hydrogen (secondary N) is 2. The quantitative estimate of drug-likeness (QED) is 0.127. The molecule has 0 radical (unpaired) electrons. The summed E-state index contributed by atoms with van der Waals surface area (Å²) >= 11 is 0. The molecule has 2 N–H and O–H groups in total. The summed E-state index contributed by atoms with van der Waals surface area (Å²) in [6.45, 7) is 0.546. The smallest absolute Gasteiger partial charge is 0.224 e. The van der Waals surface area contributed by atoms with Crippen LogP contribution in [-0.2, 0) is 31.9 Å². The Bertz CT molecular complexity index is 1740. The molecule has 0 aliphatic rings. The normalized spacial score (nSPS) is 11.9. The van der Waals surface area contributed by atoms with Crippen molar-refractivity contribution in [3.8, 4) is 40.2 Å². The molecule has 4 aromatic rings. The van der Waals surface area contributed by atoms with Crippen LogP contribution < -0.4 is 39.1 Å². The molecule has 0 unspecified atom stereocenters. The summed E-state index contributed by atoms with van der Waals surface area (Å²) in [7, 11) is 11.0. The summed E-state index contributed by atoms with van der Waals surface area (Å²) in [4.78, 5) is 25.7. The molecule has 51 heavy (non-hydrogen) atoms. The molecule has 0 aliphatic carbocycles. The highest BCUT2D eigenvalue weighted by molar-refractivity contribution is 5.79. The zero-order chi connectivity index (χ0) is 36.8. The van der Waals surface area contributed by atoms with E-state index in [4.69, 9.17) is 37.9 Å². The first kappa shape index (κ1) is 38.3. The summed E-state index contributed by atoms with van der Waals surface area (Å²) < 4.78 is 44.3. The fraction of sp³-hybridized carbons (Fsp3) is 0.333. The van der Waals surface area contributed by atoms with Gasteiger partial charge in [0, 0.05) is 27.3 Å². The van der Waals surface area contributed by atoms with Crippen LogP contribution >= 0.6 is 0 Å². The molecule has 0 fully saturated rings. The average molecular weight is 703 g/mol. The highest BCUT2D eigenvalue weighted by Crippen LogP contribution is 2.34. The number of methoxy groups -OCH3 is 7. The lowest BCUT2D eigenvalue weighted by atomic mass is 10.1. The summed E-state index contributed by atoms with van der Waals surface area (Å²) in [6, 6.07) is 23.6. The van der Waals surface area contributed by atoms with Gasteiger partial charge in [-0.3, -0.25) is 9.59 Å². The van der Waals surface area contributed by atoms with Gasteiger partial charge in [-0.1, -0.05) is 30.3 Å². The van der Waals surface area contributed by atoms with E-state index >= 15 is 0 Å². The lowest BCUT2D eigenvalue weighted by molar-refractivity contribution is -0.121. The molecule has 4 aromatic carbocycles. The number of hydrogen-bond donors (Lipinski definition) is 2. The Morgan fingerprint density at radius 3 is 1.35 bits per heavy atom. The Balaban J connectivity index is 1.31. The largest absolute Gasteiger partial charge is 0.493 e. The predicted octanol–water partition coefficient (Wildman–Crippen LogP) is 5.61. The lowest BCUT2D eigenvalue weighted by Crippen LogP contribution is -2.30. The van der Waals surface area contributed by atoms with Gasteiger partial charge >= 0.3 is 0 Å². The number of rotatable bonds is 19. The lowest BCUT2D eigenvalue weighted by Gasteiger charge is -2.18. The van der Waals surface area contributed by atoms with Crippen LogP contribution in [0.1, 0.15) is 34.5 Å². The molecule has 12 nitrogen and oxygen atoms in total. The van der Waals surface area contributed by atoms with Crippen molar-refractivity contribution in [2.45, 2.75) is 25.0 Å². The van der Waals surface area contributed by atoms with Crippen molar-refractivity contribution in [1.29, 1.82) is 0 Å². The molecule has 0 saturated carbocycles. The van der Waals surface area contributed by atoms with Crippen LogP contribution in [0.25, 0.3) is 0 Å². The van der Waals surface area contributed by atoms with Crippen molar-refractivity contribution in [1.82, 2.24) is 10.6 Å². The molecule has 0 spiro atoms. The number of amides is 2. The minimum absolute atomic E-state index is 0.118. The van der Waals surface area contributed by atoms with Gasteiger partial charge in [-0.2, -0.15) is 0 Å². The molecule has 2 amide bonds. The molecule has 12 heteroatoms. The van der Waals surface area contributed by atoms with E-state index in [1.54, 1.807) is 86.2 Å². The van der Waals surface area contributed by atoms with Crippen LogP contribution in [0.2, 0.25) is 0 Å². The fourth-order valence-corrected chi connectivity index (χ4v) is 5.40. The molecular formula is C39H46N2O10. The van der Waals surface area contributed by atoms with E-state index < -0.39 is 0 Å². The highest BCUT2D eigenvalue weighted by Gasteiger charge is 2.18. The fourth-order valence-electron chi connectivity index (χ4n) is 5.40. The minimum atomic E-state index is -0.385. The van der Waals surface area contributed by atoms with Gasteiger partial charge < -0.3 is 48.5 Å². The number of benzene rings is 4. The Morgan fingerprint density at radius 2 is 0.902 bits per heavy atom. The molecule has 0 aliphatic heterocycles. The Hall–Kier alpha value is -5.46. The van der Waals surface area contributed by atoms with Crippen LogP contribution in [0.15, 0.2) is 78.9 Å². The van der Waals surface area contributed by atoms with Crippen molar-refractivity contribution in [3.63, 3.8) is 0 Å². The molecule has 4 rings (SSSR count). The molecule has 272 valence electrons. The summed E-state index contributed by atoms with van der Waals surface area (Å²) in [6.07, 6.45) is -0.462. The van der Waals surface area contributed by atoms with Gasteiger partial charge in [-0.25, -0.2) is 0 Å². The highest BCUT2D eigenvalue weighted by atomic mass is 16.5. The Labute approximate surface area is 298 Å². The van der Waals surface area contributed by atoms with Gasteiger partial charge in [-0.15, -0.1) is 0 Å². The average Bonchev–Trinajstić information content (AvgIpc) is 3.15. The molecular weight excluding hydrogens is 656 g/mol.